The fourth-order valence-corrected chi connectivity index (χ4v) is 0.899. The summed E-state index contributed by atoms with van der Waals surface area (Å²) in [6, 6.07) is 0. The Labute approximate surface area is 66.6 Å². The van der Waals surface area contributed by atoms with Crippen molar-refractivity contribution in [2.45, 2.75) is 32.7 Å². The van der Waals surface area contributed by atoms with E-state index in [0.29, 0.717) is 0 Å². The Morgan fingerprint density at radius 3 is 2.64 bits per heavy atom. The van der Waals surface area contributed by atoms with E-state index < -0.39 is 0 Å². The van der Waals surface area contributed by atoms with Crippen molar-refractivity contribution in [3.8, 4) is 0 Å². The summed E-state index contributed by atoms with van der Waals surface area (Å²) in [6.45, 7) is 5.90. The van der Waals surface area contributed by atoms with Gasteiger partial charge in [-0.1, -0.05) is 5.16 Å². The van der Waals surface area contributed by atoms with Crippen molar-refractivity contribution >= 4 is 0 Å². The van der Waals surface area contributed by atoms with E-state index in [2.05, 4.69) is 5.16 Å². The van der Waals surface area contributed by atoms with Crippen LogP contribution in [0.5, 0.6) is 0 Å². The highest BCUT2D eigenvalue weighted by Gasteiger charge is 2.15. The number of aryl methyl sites for hydroxylation is 1. The minimum absolute atomic E-state index is 0.218. The Bertz CT molecular complexity index is 234. The Morgan fingerprint density at radius 2 is 2.27 bits per heavy atom. The summed E-state index contributed by atoms with van der Waals surface area (Å²) < 4.78 is 5.01. The van der Waals surface area contributed by atoms with Gasteiger partial charge < -0.3 is 10.3 Å². The van der Waals surface area contributed by atoms with Crippen molar-refractivity contribution < 1.29 is 4.52 Å². The van der Waals surface area contributed by atoms with Crippen molar-refractivity contribution in [3.05, 3.63) is 17.5 Å². The van der Waals surface area contributed by atoms with Gasteiger partial charge in [-0.2, -0.15) is 0 Å². The van der Waals surface area contributed by atoms with E-state index in [-0.39, 0.29) is 5.54 Å². The zero-order chi connectivity index (χ0) is 8.48. The molecule has 0 bridgehead atoms. The summed E-state index contributed by atoms with van der Waals surface area (Å²) in [5.74, 6) is 0.887. The van der Waals surface area contributed by atoms with E-state index in [1.165, 1.54) is 0 Å². The molecule has 0 aliphatic rings. The van der Waals surface area contributed by atoms with Crippen molar-refractivity contribution in [3.63, 3.8) is 0 Å². The van der Waals surface area contributed by atoms with Gasteiger partial charge in [-0.3, -0.25) is 0 Å². The van der Waals surface area contributed by atoms with E-state index in [9.17, 15) is 0 Å². The van der Waals surface area contributed by atoms with Crippen LogP contribution in [0.25, 0.3) is 0 Å². The molecule has 0 radical (unpaired) electrons. The molecule has 11 heavy (non-hydrogen) atoms. The average molecular weight is 154 g/mol. The van der Waals surface area contributed by atoms with Gasteiger partial charge in [0.25, 0.3) is 0 Å². The molecule has 1 rings (SSSR count). The number of nitrogens with zero attached hydrogens (tertiary/aromatic N) is 1. The van der Waals surface area contributed by atoms with Crippen LogP contribution in [-0.4, -0.2) is 10.7 Å². The van der Waals surface area contributed by atoms with E-state index in [0.717, 1.165) is 17.7 Å². The molecule has 0 aromatic carbocycles. The van der Waals surface area contributed by atoms with Crippen molar-refractivity contribution in [1.82, 2.24) is 5.16 Å². The molecule has 0 saturated carbocycles. The number of nitrogens with two attached hydrogens (primary N) is 1. The second kappa shape index (κ2) is 2.66. The molecule has 3 heteroatoms. The molecule has 0 saturated heterocycles. The van der Waals surface area contributed by atoms with Crippen LogP contribution in [0, 0.1) is 6.92 Å². The number of hydrogen-bond acceptors (Lipinski definition) is 3. The van der Waals surface area contributed by atoms with Crippen molar-refractivity contribution in [1.29, 1.82) is 0 Å². The molecule has 1 aromatic rings. The molecule has 0 fully saturated rings. The predicted molar refractivity (Wildman–Crippen MR) is 43.2 cm³/mol. The third kappa shape index (κ3) is 2.35. The summed E-state index contributed by atoms with van der Waals surface area (Å²) in [6.07, 6.45) is 2.44. The topological polar surface area (TPSA) is 52.0 Å². The van der Waals surface area contributed by atoms with Gasteiger partial charge >= 0.3 is 0 Å². The Morgan fingerprint density at radius 1 is 1.64 bits per heavy atom. The van der Waals surface area contributed by atoms with Crippen LogP contribution in [0.4, 0.5) is 0 Å². The lowest BCUT2D eigenvalue weighted by atomic mass is 9.99. The SMILES string of the molecule is Cc1cnoc1CC(C)(C)N. The fourth-order valence-electron chi connectivity index (χ4n) is 0.899. The minimum atomic E-state index is -0.218. The molecule has 62 valence electrons. The normalized spacial score (nSPS) is 12.0. The smallest absolute Gasteiger partial charge is 0.141 e. The summed E-state index contributed by atoms with van der Waals surface area (Å²) in [5, 5.41) is 3.68. The molecular weight excluding hydrogens is 140 g/mol. The van der Waals surface area contributed by atoms with Gasteiger partial charge in [0.2, 0.25) is 0 Å². The maximum atomic E-state index is 5.81. The average Bonchev–Trinajstić information content (AvgIpc) is 2.12. The van der Waals surface area contributed by atoms with Gasteiger partial charge in [0.05, 0.1) is 6.20 Å². The largest absolute Gasteiger partial charge is 0.361 e. The van der Waals surface area contributed by atoms with Gasteiger partial charge in [0, 0.05) is 17.5 Å². The zero-order valence-electron chi connectivity index (χ0n) is 7.22. The monoisotopic (exact) mass is 154 g/mol. The molecule has 0 amide bonds. The molecule has 0 spiro atoms. The van der Waals surface area contributed by atoms with E-state index in [1.807, 2.05) is 20.8 Å². The summed E-state index contributed by atoms with van der Waals surface area (Å²) in [5.41, 5.74) is 6.66. The third-order valence-electron chi connectivity index (χ3n) is 1.47. The Hall–Kier alpha value is -0.830. The minimum Gasteiger partial charge on any atom is -0.361 e. The first-order chi connectivity index (χ1) is 4.99. The van der Waals surface area contributed by atoms with Crippen LogP contribution in [0.2, 0.25) is 0 Å². The standard InChI is InChI=1S/C8H14N2O/c1-6-5-10-11-7(6)4-8(2,3)9/h5H,4,9H2,1-3H3. The van der Waals surface area contributed by atoms with E-state index in [1.54, 1.807) is 6.20 Å². The van der Waals surface area contributed by atoms with Gasteiger partial charge in [0.1, 0.15) is 5.76 Å². The van der Waals surface area contributed by atoms with Gasteiger partial charge in [-0.25, -0.2) is 0 Å². The third-order valence-corrected chi connectivity index (χ3v) is 1.47. The van der Waals surface area contributed by atoms with Crippen LogP contribution in [0.15, 0.2) is 10.7 Å². The van der Waals surface area contributed by atoms with Crippen LogP contribution in [0.3, 0.4) is 0 Å². The second-order valence-corrected chi connectivity index (χ2v) is 3.60. The van der Waals surface area contributed by atoms with Crippen LogP contribution in [-0.2, 0) is 6.42 Å². The maximum absolute atomic E-state index is 5.81. The molecule has 0 atom stereocenters. The molecule has 1 heterocycles. The molecule has 0 unspecified atom stereocenters. The number of hydrogen-bond donors (Lipinski definition) is 1. The summed E-state index contributed by atoms with van der Waals surface area (Å²) in [4.78, 5) is 0. The first-order valence-corrected chi connectivity index (χ1v) is 3.68. The van der Waals surface area contributed by atoms with Gasteiger partial charge in [-0.05, 0) is 20.8 Å². The summed E-state index contributed by atoms with van der Waals surface area (Å²) >= 11 is 0. The lowest BCUT2D eigenvalue weighted by Gasteiger charge is -2.15. The van der Waals surface area contributed by atoms with E-state index >= 15 is 0 Å². The Balaban J connectivity index is 2.72. The highest BCUT2D eigenvalue weighted by molar-refractivity contribution is 5.12. The Kier molecular flexibility index (Phi) is 2.00. The predicted octanol–water partition coefficient (Wildman–Crippen LogP) is 1.26. The van der Waals surface area contributed by atoms with Crippen LogP contribution < -0.4 is 5.73 Å². The quantitative estimate of drug-likeness (QED) is 0.697. The lowest BCUT2D eigenvalue weighted by molar-refractivity contribution is 0.353. The van der Waals surface area contributed by atoms with Gasteiger partial charge in [0.15, 0.2) is 0 Å². The highest BCUT2D eigenvalue weighted by atomic mass is 16.5. The summed E-state index contributed by atoms with van der Waals surface area (Å²) in [7, 11) is 0. The second-order valence-electron chi connectivity index (χ2n) is 3.60. The number of rotatable bonds is 2. The molecule has 0 aliphatic carbocycles. The van der Waals surface area contributed by atoms with Crippen LogP contribution >= 0.6 is 0 Å². The zero-order valence-corrected chi connectivity index (χ0v) is 7.22. The number of aromatic nitrogens is 1. The molecule has 2 N–H and O–H groups in total. The lowest BCUT2D eigenvalue weighted by Crippen LogP contribution is -2.34. The molecular formula is C8H14N2O. The van der Waals surface area contributed by atoms with E-state index in [4.69, 9.17) is 10.3 Å². The fraction of sp³-hybridized carbons (Fsp3) is 0.625. The van der Waals surface area contributed by atoms with Crippen molar-refractivity contribution in [2.75, 3.05) is 0 Å². The van der Waals surface area contributed by atoms with Crippen LogP contribution in [0.1, 0.15) is 25.2 Å². The molecule has 0 aliphatic heterocycles. The van der Waals surface area contributed by atoms with Crippen molar-refractivity contribution in [2.24, 2.45) is 5.73 Å². The maximum Gasteiger partial charge on any atom is 0.141 e. The highest BCUT2D eigenvalue weighted by Crippen LogP contribution is 2.12. The van der Waals surface area contributed by atoms with Gasteiger partial charge in [-0.15, -0.1) is 0 Å². The molecule has 3 nitrogen and oxygen atoms in total. The molecule has 1 aromatic heterocycles. The first-order valence-electron chi connectivity index (χ1n) is 3.68. The first kappa shape index (κ1) is 8.27.